The van der Waals surface area contributed by atoms with Gasteiger partial charge in [-0.2, -0.15) is 12.6 Å². The molecule has 7 N–H and O–H groups in total. The van der Waals surface area contributed by atoms with Crippen LogP contribution >= 0.6 is 12.6 Å². The molecule has 2 heterocycles. The number of carbonyl (C=O) groups excluding carboxylic acids is 3. The highest BCUT2D eigenvalue weighted by atomic mass is 32.1. The number of amides is 3. The number of hydrogen-bond donors (Lipinski definition) is 8. The molecule has 2 rings (SSSR count). The standard InChI is InChI=1S/C18H28N6O6S/c1-9(25)14(18(29)30)24-16(27)12(5-10-6-19-8-21-10)22-17(28)13(7-31)23-15(26)11-3-2-4-20-11/h6,8-9,11-14,20,25,31H,2-5,7H2,1H3,(H,19,21)(H,22,28)(H,23,26)(H,24,27)(H,29,30). The molecule has 1 aromatic heterocycles. The Morgan fingerprint density at radius 1 is 1.23 bits per heavy atom. The molecule has 1 aliphatic heterocycles. The molecule has 0 aromatic carbocycles. The smallest absolute Gasteiger partial charge is 0.328 e. The van der Waals surface area contributed by atoms with Crippen molar-refractivity contribution in [1.82, 2.24) is 31.2 Å². The average molecular weight is 457 g/mol. The van der Waals surface area contributed by atoms with Gasteiger partial charge in [0.15, 0.2) is 6.04 Å². The van der Waals surface area contributed by atoms with Crippen molar-refractivity contribution in [3.63, 3.8) is 0 Å². The lowest BCUT2D eigenvalue weighted by Crippen LogP contribution is -2.59. The van der Waals surface area contributed by atoms with E-state index in [4.69, 9.17) is 0 Å². The zero-order valence-electron chi connectivity index (χ0n) is 17.0. The van der Waals surface area contributed by atoms with Gasteiger partial charge in [0.2, 0.25) is 17.7 Å². The highest BCUT2D eigenvalue weighted by Crippen LogP contribution is 2.06. The Balaban J connectivity index is 2.09. The third-order valence-corrected chi connectivity index (χ3v) is 5.22. The summed E-state index contributed by atoms with van der Waals surface area (Å²) < 4.78 is 0. The predicted octanol–water partition coefficient (Wildman–Crippen LogP) is -2.45. The molecule has 1 aromatic rings. The summed E-state index contributed by atoms with van der Waals surface area (Å²) >= 11 is 4.12. The number of carbonyl (C=O) groups is 4. The molecule has 0 spiro atoms. The highest BCUT2D eigenvalue weighted by Gasteiger charge is 2.32. The van der Waals surface area contributed by atoms with Crippen LogP contribution in [0.25, 0.3) is 0 Å². The molecule has 3 amide bonds. The van der Waals surface area contributed by atoms with Crippen molar-refractivity contribution >= 4 is 36.3 Å². The molecule has 5 unspecified atom stereocenters. The van der Waals surface area contributed by atoms with Crippen LogP contribution in [0.1, 0.15) is 25.5 Å². The number of carboxylic acid groups (broad SMARTS) is 1. The molecule has 12 nitrogen and oxygen atoms in total. The number of aromatic amines is 1. The van der Waals surface area contributed by atoms with E-state index in [-0.39, 0.29) is 24.1 Å². The molecule has 1 saturated heterocycles. The van der Waals surface area contributed by atoms with E-state index < -0.39 is 42.0 Å². The van der Waals surface area contributed by atoms with E-state index in [9.17, 15) is 29.4 Å². The first-order valence-corrected chi connectivity index (χ1v) is 10.5. The highest BCUT2D eigenvalue weighted by molar-refractivity contribution is 7.80. The summed E-state index contributed by atoms with van der Waals surface area (Å²) in [5.41, 5.74) is 0.519. The molecule has 1 fully saturated rings. The SMILES string of the molecule is CC(O)C(NC(=O)C(Cc1cnc[nH]1)NC(=O)C(CS)NC(=O)C1CCCN1)C(=O)O. The quantitative estimate of drug-likeness (QED) is 0.169. The van der Waals surface area contributed by atoms with Gasteiger partial charge in [-0.1, -0.05) is 0 Å². The van der Waals surface area contributed by atoms with Gasteiger partial charge in [-0.3, -0.25) is 14.4 Å². The molecule has 172 valence electrons. The first-order valence-electron chi connectivity index (χ1n) is 9.86. The minimum Gasteiger partial charge on any atom is -0.480 e. The molecule has 13 heteroatoms. The summed E-state index contributed by atoms with van der Waals surface area (Å²) in [5.74, 6) is -3.21. The molecule has 0 bridgehead atoms. The molecular formula is C18H28N6O6S. The fourth-order valence-corrected chi connectivity index (χ4v) is 3.37. The summed E-state index contributed by atoms with van der Waals surface area (Å²) in [4.78, 5) is 55.7. The second-order valence-electron chi connectivity index (χ2n) is 7.30. The van der Waals surface area contributed by atoms with Gasteiger partial charge in [0, 0.05) is 24.1 Å². The molecule has 31 heavy (non-hydrogen) atoms. The minimum absolute atomic E-state index is 0.00584. The number of hydrogen-bond acceptors (Lipinski definition) is 8. The number of rotatable bonds is 11. The van der Waals surface area contributed by atoms with Crippen LogP contribution in [0.4, 0.5) is 0 Å². The summed E-state index contributed by atoms with van der Waals surface area (Å²) in [7, 11) is 0. The van der Waals surface area contributed by atoms with E-state index in [1.54, 1.807) is 0 Å². The lowest BCUT2D eigenvalue weighted by molar-refractivity contribution is -0.145. The summed E-state index contributed by atoms with van der Waals surface area (Å²) in [5, 5.41) is 29.2. The zero-order chi connectivity index (χ0) is 23.0. The van der Waals surface area contributed by atoms with Gasteiger partial charge >= 0.3 is 5.97 Å². The van der Waals surface area contributed by atoms with Crippen molar-refractivity contribution in [2.24, 2.45) is 0 Å². The van der Waals surface area contributed by atoms with E-state index in [1.807, 2.05) is 0 Å². The van der Waals surface area contributed by atoms with Crippen molar-refractivity contribution in [2.75, 3.05) is 12.3 Å². The maximum atomic E-state index is 12.8. The first-order chi connectivity index (χ1) is 14.7. The van der Waals surface area contributed by atoms with Crippen molar-refractivity contribution in [2.45, 2.75) is 56.5 Å². The van der Waals surface area contributed by atoms with Crippen LogP contribution < -0.4 is 21.3 Å². The largest absolute Gasteiger partial charge is 0.480 e. The third-order valence-electron chi connectivity index (χ3n) is 4.85. The maximum Gasteiger partial charge on any atom is 0.328 e. The summed E-state index contributed by atoms with van der Waals surface area (Å²) in [6.45, 7) is 1.95. The normalized spacial score (nSPS) is 19.6. The molecule has 0 aliphatic carbocycles. The van der Waals surface area contributed by atoms with Crippen LogP contribution in [0.5, 0.6) is 0 Å². The topological polar surface area (TPSA) is 186 Å². The van der Waals surface area contributed by atoms with E-state index in [1.165, 1.54) is 19.4 Å². The number of aliphatic carboxylic acids is 1. The van der Waals surface area contributed by atoms with Gasteiger partial charge in [-0.05, 0) is 26.3 Å². The van der Waals surface area contributed by atoms with Crippen LogP contribution in [0, 0.1) is 0 Å². The van der Waals surface area contributed by atoms with Gasteiger partial charge in [-0.15, -0.1) is 0 Å². The van der Waals surface area contributed by atoms with Gasteiger partial charge in [0.05, 0.1) is 18.5 Å². The number of nitrogens with one attached hydrogen (secondary N) is 5. The van der Waals surface area contributed by atoms with Crippen LogP contribution in [-0.4, -0.2) is 86.4 Å². The Kier molecular flexibility index (Phi) is 9.27. The van der Waals surface area contributed by atoms with Crippen molar-refractivity contribution in [3.05, 3.63) is 18.2 Å². The van der Waals surface area contributed by atoms with Gasteiger partial charge < -0.3 is 36.5 Å². The Morgan fingerprint density at radius 3 is 2.45 bits per heavy atom. The van der Waals surface area contributed by atoms with Crippen LogP contribution in [-0.2, 0) is 25.6 Å². The molecule has 5 atom stereocenters. The molecule has 0 radical (unpaired) electrons. The fourth-order valence-electron chi connectivity index (χ4n) is 3.12. The van der Waals surface area contributed by atoms with E-state index in [2.05, 4.69) is 43.9 Å². The second-order valence-corrected chi connectivity index (χ2v) is 7.67. The summed E-state index contributed by atoms with van der Waals surface area (Å²) in [6.07, 6.45) is 3.01. The van der Waals surface area contributed by atoms with Crippen molar-refractivity contribution in [3.8, 4) is 0 Å². The third kappa shape index (κ3) is 7.22. The number of aliphatic hydroxyl groups excluding tert-OH is 1. The van der Waals surface area contributed by atoms with Crippen LogP contribution in [0.3, 0.4) is 0 Å². The number of nitrogens with zero attached hydrogens (tertiary/aromatic N) is 1. The van der Waals surface area contributed by atoms with Gasteiger partial charge in [-0.25, -0.2) is 9.78 Å². The van der Waals surface area contributed by atoms with Crippen LogP contribution in [0.15, 0.2) is 12.5 Å². The number of aliphatic hydroxyl groups is 1. The average Bonchev–Trinajstić information content (AvgIpc) is 3.42. The zero-order valence-corrected chi connectivity index (χ0v) is 17.9. The first kappa shape index (κ1) is 24.6. The number of imidazole rings is 1. The Hall–Kier alpha value is -2.64. The monoisotopic (exact) mass is 456 g/mol. The van der Waals surface area contributed by atoms with Gasteiger partial charge in [0.25, 0.3) is 0 Å². The number of carboxylic acids is 1. The van der Waals surface area contributed by atoms with Crippen molar-refractivity contribution in [1.29, 1.82) is 0 Å². The minimum atomic E-state index is -1.55. The van der Waals surface area contributed by atoms with Gasteiger partial charge in [0.1, 0.15) is 12.1 Å². The Morgan fingerprint density at radius 2 is 1.94 bits per heavy atom. The van der Waals surface area contributed by atoms with Crippen LogP contribution in [0.2, 0.25) is 0 Å². The molecular weight excluding hydrogens is 428 g/mol. The van der Waals surface area contributed by atoms with E-state index >= 15 is 0 Å². The lowest BCUT2D eigenvalue weighted by Gasteiger charge is -2.25. The fraction of sp³-hybridized carbons (Fsp3) is 0.611. The Bertz CT molecular complexity index is 768. The predicted molar refractivity (Wildman–Crippen MR) is 112 cm³/mol. The number of aromatic nitrogens is 2. The number of thiol groups is 1. The molecule has 1 aliphatic rings. The number of H-pyrrole nitrogens is 1. The second kappa shape index (κ2) is 11.7. The maximum absolute atomic E-state index is 12.8. The lowest BCUT2D eigenvalue weighted by atomic mass is 10.1. The summed E-state index contributed by atoms with van der Waals surface area (Å²) in [6, 6.07) is -4.12. The van der Waals surface area contributed by atoms with E-state index in [0.29, 0.717) is 12.1 Å². The van der Waals surface area contributed by atoms with Crippen molar-refractivity contribution < 1.29 is 29.4 Å². The molecule has 0 saturated carbocycles. The Labute approximate surface area is 184 Å². The van der Waals surface area contributed by atoms with E-state index in [0.717, 1.165) is 13.0 Å².